The van der Waals surface area contributed by atoms with Gasteiger partial charge in [-0.25, -0.2) is 4.79 Å². The van der Waals surface area contributed by atoms with Crippen molar-refractivity contribution in [2.24, 2.45) is 0 Å². The number of nitrogens with one attached hydrogen (secondary N) is 2. The Labute approximate surface area is 118 Å². The maximum absolute atomic E-state index is 11.9. The summed E-state index contributed by atoms with van der Waals surface area (Å²) in [6.07, 6.45) is 2.56. The highest BCUT2D eigenvalue weighted by molar-refractivity contribution is 5.75. The highest BCUT2D eigenvalue weighted by atomic mass is 16.5. The average Bonchev–Trinajstić information content (AvgIpc) is 2.77. The quantitative estimate of drug-likeness (QED) is 0.786. The molecule has 1 saturated carbocycles. The molecule has 2 aliphatic rings. The number of amides is 2. The summed E-state index contributed by atoms with van der Waals surface area (Å²) in [5.41, 5.74) is 1.46. The van der Waals surface area contributed by atoms with E-state index in [-0.39, 0.29) is 12.1 Å². The maximum atomic E-state index is 11.9. The summed E-state index contributed by atoms with van der Waals surface area (Å²) >= 11 is 0. The number of hydrogen-bond donors (Lipinski definition) is 3. The van der Waals surface area contributed by atoms with Crippen LogP contribution in [0.4, 0.5) is 4.79 Å². The third-order valence-corrected chi connectivity index (χ3v) is 4.11. The van der Waals surface area contributed by atoms with Crippen LogP contribution in [0, 0.1) is 6.92 Å². The number of ether oxygens (including phenoxy) is 1. The molecule has 0 radical (unpaired) electrons. The summed E-state index contributed by atoms with van der Waals surface area (Å²) in [7, 11) is 0. The molecule has 5 nitrogen and oxygen atoms in total. The molecule has 108 valence electrons. The van der Waals surface area contributed by atoms with E-state index >= 15 is 0 Å². The fourth-order valence-electron chi connectivity index (χ4n) is 2.67. The Morgan fingerprint density at radius 3 is 3.00 bits per heavy atom. The van der Waals surface area contributed by atoms with Crippen LogP contribution in [0.1, 0.15) is 36.4 Å². The van der Waals surface area contributed by atoms with Crippen LogP contribution in [0.15, 0.2) is 18.2 Å². The Hall–Kier alpha value is -1.75. The lowest BCUT2D eigenvalue weighted by Crippen LogP contribution is -2.50. The van der Waals surface area contributed by atoms with Crippen molar-refractivity contribution < 1.29 is 14.6 Å². The van der Waals surface area contributed by atoms with E-state index in [4.69, 9.17) is 4.74 Å². The van der Waals surface area contributed by atoms with Crippen molar-refractivity contribution >= 4 is 6.03 Å². The largest absolute Gasteiger partial charge is 0.491 e. The first-order valence-electron chi connectivity index (χ1n) is 7.06. The molecule has 1 aromatic rings. The molecule has 1 fully saturated rings. The molecule has 0 spiro atoms. The number of urea groups is 1. The first-order chi connectivity index (χ1) is 9.56. The molecule has 1 aromatic carbocycles. The van der Waals surface area contributed by atoms with E-state index in [1.807, 2.05) is 25.1 Å². The lowest BCUT2D eigenvalue weighted by Gasteiger charge is -2.36. The van der Waals surface area contributed by atoms with Gasteiger partial charge >= 0.3 is 6.03 Å². The number of aliphatic hydroxyl groups is 1. The smallest absolute Gasteiger partial charge is 0.315 e. The number of rotatable bonds is 3. The summed E-state index contributed by atoms with van der Waals surface area (Å²) in [5, 5.41) is 15.6. The summed E-state index contributed by atoms with van der Waals surface area (Å²) in [6.45, 7) is 2.78. The zero-order chi connectivity index (χ0) is 14.2. The average molecular weight is 276 g/mol. The van der Waals surface area contributed by atoms with Crippen molar-refractivity contribution in [3.8, 4) is 5.75 Å². The van der Waals surface area contributed by atoms with E-state index in [0.29, 0.717) is 13.2 Å². The minimum absolute atomic E-state index is 0.124. The van der Waals surface area contributed by atoms with Gasteiger partial charge in [-0.1, -0.05) is 17.7 Å². The van der Waals surface area contributed by atoms with Crippen molar-refractivity contribution in [3.63, 3.8) is 0 Å². The number of fused-ring (bicyclic) bond motifs is 1. The molecule has 0 bridgehead atoms. The standard InChI is InChI=1S/C15H20N2O3/c1-10-3-4-13-11(7-10)12(8-20-13)17-14(18)16-9-15(19)5-2-6-15/h3-4,7,12,19H,2,5-6,8-9H2,1H3,(H2,16,17,18). The molecule has 0 saturated heterocycles. The van der Waals surface area contributed by atoms with Crippen LogP contribution >= 0.6 is 0 Å². The van der Waals surface area contributed by atoms with Crippen molar-refractivity contribution in [1.29, 1.82) is 0 Å². The van der Waals surface area contributed by atoms with Crippen molar-refractivity contribution in [1.82, 2.24) is 10.6 Å². The van der Waals surface area contributed by atoms with E-state index in [1.165, 1.54) is 0 Å². The number of benzene rings is 1. The van der Waals surface area contributed by atoms with Gasteiger partial charge in [0, 0.05) is 12.1 Å². The molecule has 1 unspecified atom stereocenters. The van der Waals surface area contributed by atoms with Gasteiger partial charge in [-0.15, -0.1) is 0 Å². The minimum atomic E-state index is -0.696. The number of hydrogen-bond acceptors (Lipinski definition) is 3. The van der Waals surface area contributed by atoms with Gasteiger partial charge < -0.3 is 20.5 Å². The molecular formula is C15H20N2O3. The first-order valence-corrected chi connectivity index (χ1v) is 7.06. The lowest BCUT2D eigenvalue weighted by atomic mass is 9.80. The van der Waals surface area contributed by atoms with Gasteiger partial charge in [0.15, 0.2) is 0 Å². The molecule has 1 heterocycles. The Morgan fingerprint density at radius 1 is 1.50 bits per heavy atom. The monoisotopic (exact) mass is 276 g/mol. The first kappa shape index (κ1) is 13.2. The summed E-state index contributed by atoms with van der Waals surface area (Å²) in [4.78, 5) is 11.9. The van der Waals surface area contributed by atoms with E-state index < -0.39 is 5.60 Å². The molecule has 1 aliphatic carbocycles. The highest BCUT2D eigenvalue weighted by Crippen LogP contribution is 2.33. The zero-order valence-corrected chi connectivity index (χ0v) is 11.6. The second-order valence-electron chi connectivity index (χ2n) is 5.81. The van der Waals surface area contributed by atoms with Crippen LogP contribution in [0.3, 0.4) is 0 Å². The van der Waals surface area contributed by atoms with Crippen LogP contribution < -0.4 is 15.4 Å². The number of aryl methyl sites for hydroxylation is 1. The van der Waals surface area contributed by atoms with Gasteiger partial charge in [0.25, 0.3) is 0 Å². The third-order valence-electron chi connectivity index (χ3n) is 4.11. The van der Waals surface area contributed by atoms with Crippen LogP contribution in [-0.4, -0.2) is 29.9 Å². The number of carbonyl (C=O) groups excluding carboxylic acids is 1. The normalized spacial score (nSPS) is 22.4. The second-order valence-corrected chi connectivity index (χ2v) is 5.81. The van der Waals surface area contributed by atoms with Crippen molar-refractivity contribution in [2.45, 2.75) is 37.8 Å². The second kappa shape index (κ2) is 4.98. The van der Waals surface area contributed by atoms with Gasteiger partial charge in [0.1, 0.15) is 12.4 Å². The van der Waals surface area contributed by atoms with Gasteiger partial charge in [0.2, 0.25) is 0 Å². The van der Waals surface area contributed by atoms with Gasteiger partial charge in [-0.05, 0) is 32.3 Å². The molecule has 3 N–H and O–H groups in total. The van der Waals surface area contributed by atoms with Crippen LogP contribution in [-0.2, 0) is 0 Å². The van der Waals surface area contributed by atoms with Crippen LogP contribution in [0.25, 0.3) is 0 Å². The summed E-state index contributed by atoms with van der Waals surface area (Å²) < 4.78 is 5.55. The Bertz CT molecular complexity index is 526. The molecule has 1 atom stereocenters. The molecule has 20 heavy (non-hydrogen) atoms. The van der Waals surface area contributed by atoms with E-state index in [1.54, 1.807) is 0 Å². The zero-order valence-electron chi connectivity index (χ0n) is 11.6. The number of carbonyl (C=O) groups is 1. The fourth-order valence-corrected chi connectivity index (χ4v) is 2.67. The minimum Gasteiger partial charge on any atom is -0.491 e. The molecule has 3 rings (SSSR count). The van der Waals surface area contributed by atoms with Gasteiger partial charge in [-0.2, -0.15) is 0 Å². The predicted molar refractivity (Wildman–Crippen MR) is 74.8 cm³/mol. The third kappa shape index (κ3) is 2.58. The molecule has 1 aliphatic heterocycles. The van der Waals surface area contributed by atoms with E-state index in [0.717, 1.165) is 36.1 Å². The topological polar surface area (TPSA) is 70.6 Å². The Balaban J connectivity index is 1.56. The van der Waals surface area contributed by atoms with Gasteiger partial charge in [-0.3, -0.25) is 0 Å². The molecular weight excluding hydrogens is 256 g/mol. The molecule has 0 aromatic heterocycles. The van der Waals surface area contributed by atoms with Crippen LogP contribution in [0.2, 0.25) is 0 Å². The molecule has 5 heteroatoms. The summed E-state index contributed by atoms with van der Waals surface area (Å²) in [5.74, 6) is 0.832. The molecule has 2 amide bonds. The van der Waals surface area contributed by atoms with Crippen molar-refractivity contribution in [3.05, 3.63) is 29.3 Å². The summed E-state index contributed by atoms with van der Waals surface area (Å²) in [6, 6.07) is 5.58. The van der Waals surface area contributed by atoms with E-state index in [2.05, 4.69) is 10.6 Å². The maximum Gasteiger partial charge on any atom is 0.315 e. The highest BCUT2D eigenvalue weighted by Gasteiger charge is 2.35. The van der Waals surface area contributed by atoms with Crippen LogP contribution in [0.5, 0.6) is 5.75 Å². The fraction of sp³-hybridized carbons (Fsp3) is 0.533. The predicted octanol–water partition coefficient (Wildman–Crippen LogP) is 1.64. The van der Waals surface area contributed by atoms with E-state index in [9.17, 15) is 9.90 Å². The SMILES string of the molecule is Cc1ccc2c(c1)C(NC(=O)NCC1(O)CCC1)CO2. The Kier molecular flexibility index (Phi) is 3.30. The lowest BCUT2D eigenvalue weighted by molar-refractivity contribution is -0.0290. The van der Waals surface area contributed by atoms with Gasteiger partial charge in [0.05, 0.1) is 11.6 Å². The van der Waals surface area contributed by atoms with Crippen molar-refractivity contribution in [2.75, 3.05) is 13.2 Å². The Morgan fingerprint density at radius 2 is 2.30 bits per heavy atom.